The van der Waals surface area contributed by atoms with Crippen LogP contribution in [0.5, 0.6) is 0 Å². The summed E-state index contributed by atoms with van der Waals surface area (Å²) in [5.41, 5.74) is 3.85. The number of hydrogen-bond donors (Lipinski definition) is 2. The summed E-state index contributed by atoms with van der Waals surface area (Å²) >= 11 is 0. The van der Waals surface area contributed by atoms with Crippen molar-refractivity contribution in [3.8, 4) is 11.1 Å². The van der Waals surface area contributed by atoms with Crippen LogP contribution in [-0.2, 0) is 19.1 Å². The van der Waals surface area contributed by atoms with Gasteiger partial charge in [0, 0.05) is 39.1 Å². The molecule has 8 nitrogen and oxygen atoms in total. The third-order valence-corrected chi connectivity index (χ3v) is 6.96. The van der Waals surface area contributed by atoms with E-state index in [1.165, 1.54) is 4.90 Å². The van der Waals surface area contributed by atoms with Crippen molar-refractivity contribution in [3.05, 3.63) is 59.7 Å². The first-order valence-corrected chi connectivity index (χ1v) is 12.1. The highest BCUT2D eigenvalue weighted by Gasteiger charge is 2.38. The minimum atomic E-state index is -0.885. The average molecular weight is 481 g/mol. The highest BCUT2D eigenvalue weighted by atomic mass is 16.5. The van der Waals surface area contributed by atoms with Gasteiger partial charge in [-0.15, -0.1) is 0 Å². The lowest BCUT2D eigenvalue weighted by Gasteiger charge is -2.38. The van der Waals surface area contributed by atoms with E-state index in [0.29, 0.717) is 39.0 Å². The number of ether oxygens (including phenoxy) is 2. The molecule has 0 spiro atoms. The molecule has 0 atom stereocenters. The molecule has 1 aliphatic heterocycles. The van der Waals surface area contributed by atoms with E-state index in [1.807, 2.05) is 24.3 Å². The number of benzene rings is 2. The van der Waals surface area contributed by atoms with Crippen molar-refractivity contribution in [2.45, 2.75) is 43.6 Å². The zero-order valence-electron chi connectivity index (χ0n) is 20.0. The van der Waals surface area contributed by atoms with Gasteiger partial charge in [0.2, 0.25) is 5.91 Å². The molecule has 1 aliphatic carbocycles. The lowest BCUT2D eigenvalue weighted by Crippen LogP contribution is -2.54. The maximum absolute atomic E-state index is 12.9. The van der Waals surface area contributed by atoms with E-state index in [1.54, 1.807) is 7.05 Å². The summed E-state index contributed by atoms with van der Waals surface area (Å²) in [5, 5.41) is 11.8. The highest BCUT2D eigenvalue weighted by molar-refractivity contribution is 5.80. The predicted octanol–water partition coefficient (Wildman–Crippen LogP) is 3.79. The number of carboxylic acid groups (broad SMARTS) is 1. The Morgan fingerprint density at radius 1 is 1.06 bits per heavy atom. The first-order chi connectivity index (χ1) is 16.9. The molecule has 0 radical (unpaired) electrons. The van der Waals surface area contributed by atoms with Gasteiger partial charge < -0.3 is 24.8 Å². The normalized spacial score (nSPS) is 16.1. The largest absolute Gasteiger partial charge is 0.481 e. The third kappa shape index (κ3) is 5.82. The molecule has 8 heteroatoms. The number of amides is 2. The first-order valence-electron chi connectivity index (χ1n) is 12.1. The average Bonchev–Trinajstić information content (AvgIpc) is 3.16. The van der Waals surface area contributed by atoms with Crippen molar-refractivity contribution in [2.24, 2.45) is 0 Å². The second-order valence-electron chi connectivity index (χ2n) is 9.33. The molecular weight excluding hydrogens is 448 g/mol. The molecule has 2 aromatic rings. The van der Waals surface area contributed by atoms with E-state index in [9.17, 15) is 14.4 Å². The van der Waals surface area contributed by atoms with Gasteiger partial charge in [0.25, 0.3) is 0 Å². The number of fused-ring (bicyclic) bond motifs is 3. The number of rotatable bonds is 9. The molecule has 0 unspecified atom stereocenters. The summed E-state index contributed by atoms with van der Waals surface area (Å²) in [4.78, 5) is 38.1. The van der Waals surface area contributed by atoms with Crippen LogP contribution in [0, 0.1) is 0 Å². The lowest BCUT2D eigenvalue weighted by atomic mass is 9.86. The molecule has 4 rings (SSSR count). The fourth-order valence-electron chi connectivity index (χ4n) is 4.98. The van der Waals surface area contributed by atoms with Crippen molar-refractivity contribution >= 4 is 18.0 Å². The molecule has 0 aromatic heterocycles. The summed E-state index contributed by atoms with van der Waals surface area (Å²) in [7, 11) is 1.66. The maximum Gasteiger partial charge on any atom is 0.407 e. The number of carbonyl (C=O) groups excluding carboxylic acids is 2. The van der Waals surface area contributed by atoms with Gasteiger partial charge in [-0.2, -0.15) is 0 Å². The Morgan fingerprint density at radius 2 is 1.66 bits per heavy atom. The van der Waals surface area contributed by atoms with E-state index >= 15 is 0 Å². The molecule has 2 amide bonds. The van der Waals surface area contributed by atoms with Crippen molar-refractivity contribution in [2.75, 3.05) is 33.4 Å². The van der Waals surface area contributed by atoms with Crippen molar-refractivity contribution in [3.63, 3.8) is 0 Å². The summed E-state index contributed by atoms with van der Waals surface area (Å²) in [6.07, 6.45) is 0.972. The van der Waals surface area contributed by atoms with Crippen molar-refractivity contribution in [1.29, 1.82) is 0 Å². The second kappa shape index (κ2) is 10.9. The van der Waals surface area contributed by atoms with Gasteiger partial charge in [-0.05, 0) is 41.5 Å². The number of nitrogens with one attached hydrogen (secondary N) is 1. The third-order valence-electron chi connectivity index (χ3n) is 6.96. The SMILES string of the molecule is CN(CCCC(=O)O)C(=O)CC1(NC(=O)OCC2c3ccccc3-c3ccccc32)CCOCC1. The zero-order chi connectivity index (χ0) is 24.8. The van der Waals surface area contributed by atoms with Crippen LogP contribution < -0.4 is 5.32 Å². The molecule has 1 heterocycles. The van der Waals surface area contributed by atoms with Gasteiger partial charge in [0.1, 0.15) is 6.61 Å². The van der Waals surface area contributed by atoms with Gasteiger partial charge in [0.15, 0.2) is 0 Å². The quantitative estimate of drug-likeness (QED) is 0.566. The Labute approximate surface area is 205 Å². The number of carbonyl (C=O) groups is 3. The zero-order valence-corrected chi connectivity index (χ0v) is 20.0. The van der Waals surface area contributed by atoms with Crippen LogP contribution in [0.3, 0.4) is 0 Å². The number of aliphatic carboxylic acids is 1. The minimum Gasteiger partial charge on any atom is -0.481 e. The summed E-state index contributed by atoms with van der Waals surface area (Å²) in [6.45, 7) is 1.44. The Morgan fingerprint density at radius 3 is 2.26 bits per heavy atom. The van der Waals surface area contributed by atoms with Gasteiger partial charge in [-0.25, -0.2) is 4.79 Å². The van der Waals surface area contributed by atoms with E-state index < -0.39 is 17.6 Å². The Hall–Kier alpha value is -3.39. The molecule has 2 aromatic carbocycles. The van der Waals surface area contributed by atoms with Crippen LogP contribution in [0.4, 0.5) is 4.79 Å². The molecule has 2 N–H and O–H groups in total. The number of hydrogen-bond acceptors (Lipinski definition) is 5. The number of alkyl carbamates (subject to hydrolysis) is 1. The molecule has 0 saturated carbocycles. The molecule has 0 bridgehead atoms. The summed E-state index contributed by atoms with van der Waals surface area (Å²) < 4.78 is 11.2. The highest BCUT2D eigenvalue weighted by Crippen LogP contribution is 2.44. The Balaban J connectivity index is 1.39. The van der Waals surface area contributed by atoms with Crippen LogP contribution in [-0.4, -0.2) is 66.9 Å². The molecule has 186 valence electrons. The van der Waals surface area contributed by atoms with Crippen molar-refractivity contribution < 1.29 is 29.0 Å². The monoisotopic (exact) mass is 480 g/mol. The molecule has 2 aliphatic rings. The van der Waals surface area contributed by atoms with E-state index in [4.69, 9.17) is 14.6 Å². The predicted molar refractivity (Wildman–Crippen MR) is 130 cm³/mol. The Kier molecular flexibility index (Phi) is 7.70. The van der Waals surface area contributed by atoms with Crippen LogP contribution in [0.1, 0.15) is 49.1 Å². The van der Waals surface area contributed by atoms with Crippen LogP contribution >= 0.6 is 0 Å². The Bertz CT molecular complexity index is 1030. The fourth-order valence-corrected chi connectivity index (χ4v) is 4.98. The van der Waals surface area contributed by atoms with E-state index in [0.717, 1.165) is 22.3 Å². The van der Waals surface area contributed by atoms with E-state index in [-0.39, 0.29) is 31.3 Å². The number of nitrogens with zero attached hydrogens (tertiary/aromatic N) is 1. The van der Waals surface area contributed by atoms with Gasteiger partial charge in [-0.3, -0.25) is 9.59 Å². The second-order valence-corrected chi connectivity index (χ2v) is 9.33. The fraction of sp³-hybridized carbons (Fsp3) is 0.444. The van der Waals surface area contributed by atoms with Gasteiger partial charge in [0.05, 0.1) is 12.0 Å². The minimum absolute atomic E-state index is 0.00853. The summed E-state index contributed by atoms with van der Waals surface area (Å²) in [6, 6.07) is 16.3. The smallest absolute Gasteiger partial charge is 0.407 e. The standard InChI is InChI=1S/C27H32N2O6/c1-29(14-6-11-25(31)32)24(30)17-27(12-15-34-16-13-27)28-26(33)35-18-23-21-9-4-2-7-19(21)20-8-3-5-10-22(20)23/h2-5,7-10,23H,6,11-18H2,1H3,(H,28,33)(H,31,32). The van der Waals surface area contributed by atoms with Crippen LogP contribution in [0.2, 0.25) is 0 Å². The topological polar surface area (TPSA) is 105 Å². The lowest BCUT2D eigenvalue weighted by molar-refractivity contribution is -0.138. The number of carboxylic acids is 1. The van der Waals surface area contributed by atoms with Gasteiger partial charge >= 0.3 is 12.1 Å². The van der Waals surface area contributed by atoms with Crippen LogP contribution in [0.25, 0.3) is 11.1 Å². The van der Waals surface area contributed by atoms with Gasteiger partial charge in [-0.1, -0.05) is 48.5 Å². The molecular formula is C27H32N2O6. The maximum atomic E-state index is 12.9. The first kappa shape index (κ1) is 24.7. The van der Waals surface area contributed by atoms with E-state index in [2.05, 4.69) is 29.6 Å². The molecule has 35 heavy (non-hydrogen) atoms. The van der Waals surface area contributed by atoms with Crippen LogP contribution in [0.15, 0.2) is 48.5 Å². The molecule has 1 fully saturated rings. The molecule has 1 saturated heterocycles. The summed E-state index contributed by atoms with van der Waals surface area (Å²) in [5.74, 6) is -1.07. The van der Waals surface area contributed by atoms with Crippen molar-refractivity contribution in [1.82, 2.24) is 10.2 Å².